The van der Waals surface area contributed by atoms with Gasteiger partial charge in [-0.3, -0.25) is 10.1 Å². The Hall–Kier alpha value is -2.67. The van der Waals surface area contributed by atoms with Crippen LogP contribution in [-0.2, 0) is 14.4 Å². The van der Waals surface area contributed by atoms with Crippen molar-refractivity contribution in [1.82, 2.24) is 0 Å². The summed E-state index contributed by atoms with van der Waals surface area (Å²) in [6.45, 7) is 7.49. The van der Waals surface area contributed by atoms with Gasteiger partial charge in [0.2, 0.25) is 0 Å². The van der Waals surface area contributed by atoms with E-state index in [1.54, 1.807) is 30.3 Å². The number of rotatable bonds is 18. The molecule has 0 aliphatic carbocycles. The molecule has 0 amide bonds. The van der Waals surface area contributed by atoms with Gasteiger partial charge in [0.15, 0.2) is 8.32 Å². The molecular weight excluding hydrogens is 528 g/mol. The molecule has 0 aromatic heterocycles. The Kier molecular flexibility index (Phi) is 14.3. The number of anilines is 1. The van der Waals surface area contributed by atoms with Gasteiger partial charge >= 0.3 is 0 Å². The monoisotopic (exact) mass is 572 g/mol. The van der Waals surface area contributed by atoms with Gasteiger partial charge in [-0.1, -0.05) is 83.4 Å². The van der Waals surface area contributed by atoms with Crippen LogP contribution in [0.15, 0.2) is 59.5 Å². The number of para-hydroxylation sites is 1. The third kappa shape index (κ3) is 10.4. The number of unbranched alkanes of at least 4 members (excludes halogenated alkanes) is 5. The number of hydrogen-bond acceptors (Lipinski definition) is 5. The molecule has 39 heavy (non-hydrogen) atoms. The summed E-state index contributed by atoms with van der Waals surface area (Å²) in [7, 11) is -5.75. The Morgan fingerprint density at radius 3 is 1.92 bits per heavy atom. The quantitative estimate of drug-likeness (QED) is 0.0448. The van der Waals surface area contributed by atoms with Crippen LogP contribution in [0.1, 0.15) is 78.6 Å². The lowest BCUT2D eigenvalue weighted by molar-refractivity contribution is -0.384. The molecule has 0 atom stereocenters. The molecule has 0 unspecified atom stereocenters. The van der Waals surface area contributed by atoms with E-state index in [9.17, 15) is 18.5 Å². The van der Waals surface area contributed by atoms with Crippen LogP contribution in [0, 0.1) is 22.1 Å². The minimum absolute atomic E-state index is 0.0489. The van der Waals surface area contributed by atoms with Crippen molar-refractivity contribution >= 4 is 29.7 Å². The van der Waals surface area contributed by atoms with E-state index in [2.05, 4.69) is 32.7 Å². The van der Waals surface area contributed by atoms with Crippen molar-refractivity contribution in [3.05, 3.63) is 64.7 Å². The Morgan fingerprint density at radius 1 is 0.846 bits per heavy atom. The lowest BCUT2D eigenvalue weighted by atomic mass is 10.2. The largest absolute Gasteiger partial charge is 0.417 e. The average Bonchev–Trinajstić information content (AvgIpc) is 2.95. The topological polar surface area (TPSA) is 89.8 Å². The molecule has 0 N–H and O–H groups in total. The van der Waals surface area contributed by atoms with Crippen LogP contribution in [0.4, 0.5) is 11.4 Å². The molecular formula is C30H44N2O5SSi. The molecule has 0 aliphatic rings. The van der Waals surface area contributed by atoms with E-state index in [1.807, 2.05) is 0 Å². The Labute approximate surface area is 236 Å². The Balaban J connectivity index is 2.07. The summed E-state index contributed by atoms with van der Waals surface area (Å²) in [5.74, 6) is 3.03. The summed E-state index contributed by atoms with van der Waals surface area (Å²) in [5, 5.41) is 11.0. The van der Waals surface area contributed by atoms with E-state index >= 15 is 0 Å². The van der Waals surface area contributed by atoms with Gasteiger partial charge in [-0.25, -0.2) is 8.42 Å². The van der Waals surface area contributed by atoms with Crippen LogP contribution in [0.2, 0.25) is 18.1 Å². The molecule has 7 nitrogen and oxygen atoms in total. The number of benzene rings is 2. The van der Waals surface area contributed by atoms with Crippen molar-refractivity contribution in [2.45, 2.75) is 102 Å². The summed E-state index contributed by atoms with van der Waals surface area (Å²) in [6.07, 6.45) is 9.60. The SMILES string of the molecule is CCCC[Si](CCCC)(CCCC)OCCCCC#CN(c1ccccc1)S(=O)(=O)c1ccc([N+](=O)[O-])cc1. The van der Waals surface area contributed by atoms with Gasteiger partial charge in [-0.05, 0) is 55.2 Å². The number of sulfonamides is 1. The highest BCUT2D eigenvalue weighted by atomic mass is 32.2. The second kappa shape index (κ2) is 17.1. The van der Waals surface area contributed by atoms with Crippen LogP contribution in [0.3, 0.4) is 0 Å². The zero-order chi connectivity index (χ0) is 28.6. The van der Waals surface area contributed by atoms with Gasteiger partial charge in [0.05, 0.1) is 15.5 Å². The maximum absolute atomic E-state index is 13.4. The second-order valence-electron chi connectivity index (χ2n) is 9.94. The van der Waals surface area contributed by atoms with Gasteiger partial charge in [0.25, 0.3) is 15.7 Å². The van der Waals surface area contributed by atoms with Crippen molar-refractivity contribution in [2.75, 3.05) is 10.9 Å². The van der Waals surface area contributed by atoms with E-state index in [-0.39, 0.29) is 10.6 Å². The number of hydrogen-bond donors (Lipinski definition) is 0. The van der Waals surface area contributed by atoms with E-state index in [0.29, 0.717) is 12.1 Å². The highest BCUT2D eigenvalue weighted by Crippen LogP contribution is 2.30. The lowest BCUT2D eigenvalue weighted by Gasteiger charge is -2.32. The van der Waals surface area contributed by atoms with Gasteiger partial charge in [-0.2, -0.15) is 4.31 Å². The molecule has 0 radical (unpaired) electrons. The number of nitro groups is 1. The van der Waals surface area contributed by atoms with Crippen LogP contribution < -0.4 is 4.31 Å². The van der Waals surface area contributed by atoms with E-state index in [4.69, 9.17) is 4.43 Å². The second-order valence-corrected chi connectivity index (χ2v) is 15.9. The zero-order valence-corrected chi connectivity index (χ0v) is 25.5. The molecule has 0 heterocycles. The first-order chi connectivity index (χ1) is 18.8. The smallest absolute Gasteiger partial charge is 0.275 e. The Morgan fingerprint density at radius 2 is 1.41 bits per heavy atom. The molecule has 2 rings (SSSR count). The molecule has 0 saturated carbocycles. The summed E-state index contributed by atoms with van der Waals surface area (Å²) in [5.41, 5.74) is 0.255. The molecule has 0 aliphatic heterocycles. The van der Waals surface area contributed by atoms with Crippen molar-refractivity contribution in [3.63, 3.8) is 0 Å². The van der Waals surface area contributed by atoms with Crippen LogP contribution in [0.5, 0.6) is 0 Å². The molecule has 9 heteroatoms. The van der Waals surface area contributed by atoms with Crippen molar-refractivity contribution in [2.24, 2.45) is 0 Å². The first-order valence-electron chi connectivity index (χ1n) is 14.3. The fraction of sp³-hybridized carbons (Fsp3) is 0.533. The normalized spacial score (nSPS) is 11.6. The standard InChI is InChI=1S/C30H44N2O5SSi/c1-4-7-25-39(26-8-5-2,27-9-6-3)37-24-16-11-10-15-23-31(28-17-13-12-14-18-28)38(35,36)30-21-19-29(20-22-30)32(33)34/h12-14,17-22H,4-11,16,24-27H2,1-3H3. The first kappa shape index (κ1) is 32.5. The minimum Gasteiger partial charge on any atom is -0.417 e. The summed E-state index contributed by atoms with van der Waals surface area (Å²) >= 11 is 0. The fourth-order valence-electron chi connectivity index (χ4n) is 4.49. The Bertz CT molecular complexity index is 1140. The van der Waals surface area contributed by atoms with E-state index in [1.165, 1.54) is 80.9 Å². The number of non-ortho nitro benzene ring substituents is 1. The fourth-order valence-corrected chi connectivity index (χ4v) is 10.5. The van der Waals surface area contributed by atoms with Crippen molar-refractivity contribution < 1.29 is 17.8 Å². The zero-order valence-electron chi connectivity index (χ0n) is 23.7. The van der Waals surface area contributed by atoms with Crippen LogP contribution in [-0.4, -0.2) is 28.3 Å². The van der Waals surface area contributed by atoms with Crippen molar-refractivity contribution in [1.29, 1.82) is 0 Å². The minimum atomic E-state index is -4.02. The highest BCUT2D eigenvalue weighted by Gasteiger charge is 2.32. The van der Waals surface area contributed by atoms with Gasteiger partial charge in [0.1, 0.15) is 0 Å². The summed E-state index contributed by atoms with van der Waals surface area (Å²) in [4.78, 5) is 10.4. The first-order valence-corrected chi connectivity index (χ1v) is 18.2. The van der Waals surface area contributed by atoms with E-state index < -0.39 is 23.3 Å². The molecule has 0 saturated heterocycles. The molecule has 2 aromatic rings. The highest BCUT2D eigenvalue weighted by molar-refractivity contribution is 7.93. The number of nitrogens with zero attached hydrogens (tertiary/aromatic N) is 2. The predicted octanol–water partition coefficient (Wildman–Crippen LogP) is 8.28. The van der Waals surface area contributed by atoms with Crippen LogP contribution >= 0.6 is 0 Å². The van der Waals surface area contributed by atoms with Gasteiger partial charge in [0, 0.05) is 31.2 Å². The van der Waals surface area contributed by atoms with Crippen LogP contribution in [0.25, 0.3) is 0 Å². The maximum atomic E-state index is 13.4. The molecule has 0 bridgehead atoms. The molecule has 0 spiro atoms. The molecule has 2 aromatic carbocycles. The molecule has 214 valence electrons. The summed E-state index contributed by atoms with van der Waals surface area (Å²) in [6, 6.07) is 20.1. The molecule has 0 fully saturated rings. The average molecular weight is 573 g/mol. The number of nitro benzene ring substituents is 1. The third-order valence-electron chi connectivity index (χ3n) is 6.82. The summed E-state index contributed by atoms with van der Waals surface area (Å²) < 4.78 is 34.5. The maximum Gasteiger partial charge on any atom is 0.275 e. The van der Waals surface area contributed by atoms with Gasteiger partial charge in [-0.15, -0.1) is 0 Å². The van der Waals surface area contributed by atoms with Crippen molar-refractivity contribution in [3.8, 4) is 12.0 Å². The van der Waals surface area contributed by atoms with Gasteiger partial charge < -0.3 is 4.43 Å². The lowest BCUT2D eigenvalue weighted by Crippen LogP contribution is -2.38. The van der Waals surface area contributed by atoms with E-state index in [0.717, 1.165) is 23.8 Å². The third-order valence-corrected chi connectivity index (χ3v) is 13.1. The predicted molar refractivity (Wildman–Crippen MR) is 162 cm³/mol.